The maximum atomic E-state index is 12.7. The summed E-state index contributed by atoms with van der Waals surface area (Å²) in [7, 11) is 5.41. The predicted octanol–water partition coefficient (Wildman–Crippen LogP) is 9.80. The third-order valence-corrected chi connectivity index (χ3v) is 9.65. The van der Waals surface area contributed by atoms with Crippen LogP contribution in [0, 0.1) is 0 Å². The van der Waals surface area contributed by atoms with Gasteiger partial charge in [-0.3, -0.25) is 9.59 Å². The Bertz CT molecular complexity index is 854. The van der Waals surface area contributed by atoms with E-state index in [1.54, 1.807) is 21.1 Å². The van der Waals surface area contributed by atoms with E-state index in [0.29, 0.717) is 12.8 Å². The summed E-state index contributed by atoms with van der Waals surface area (Å²) in [6.07, 6.45) is 35.1. The van der Waals surface area contributed by atoms with Crippen molar-refractivity contribution in [3.8, 4) is 0 Å². The Morgan fingerprint density at radius 2 is 0.980 bits per heavy atom. The van der Waals surface area contributed by atoms with Gasteiger partial charge in [0.2, 0.25) is 0 Å². The van der Waals surface area contributed by atoms with Crippen molar-refractivity contribution < 1.29 is 38.2 Å². The van der Waals surface area contributed by atoms with Gasteiger partial charge in [-0.2, -0.15) is 0 Å². The number of unbranched alkanes of at least 4 members (excludes halogenated alkanes) is 22. The molecule has 0 saturated heterocycles. The third-order valence-electron chi connectivity index (χ3n) is 9.65. The fourth-order valence-corrected chi connectivity index (χ4v) is 6.30. The fourth-order valence-electron chi connectivity index (χ4n) is 6.30. The lowest BCUT2D eigenvalue weighted by atomic mass is 10.0. The highest BCUT2D eigenvalue weighted by Gasteiger charge is 2.25. The summed E-state index contributed by atoms with van der Waals surface area (Å²) in [6, 6.07) is -0.721. The molecule has 0 fully saturated rings. The Kier molecular flexibility index (Phi) is 33.8. The average molecular weight is 724 g/mol. The standard InChI is InChI=1S/C43H81NO7/c1-6-8-10-12-14-16-18-20-21-22-24-26-28-30-32-34-42(46)51-39(37-49-36-35-40(43(47)48)44(3,4)5)38-50-41(45)33-31-29-27-25-23-19-17-15-13-11-9-7-2/h16,18,39-40H,6-15,17,19-38H2,1-5H3/b18-16+. The molecule has 0 amide bonds. The normalized spacial score (nSPS) is 13.0. The molecule has 8 heteroatoms. The van der Waals surface area contributed by atoms with Crippen LogP contribution in [0.4, 0.5) is 0 Å². The minimum absolute atomic E-state index is 0.0442. The van der Waals surface area contributed by atoms with Crippen LogP contribution in [0.1, 0.15) is 194 Å². The Morgan fingerprint density at radius 3 is 1.43 bits per heavy atom. The quantitative estimate of drug-likeness (QED) is 0.0271. The molecule has 0 aromatic rings. The molecule has 2 unspecified atom stereocenters. The van der Waals surface area contributed by atoms with Crippen LogP contribution in [0.25, 0.3) is 0 Å². The van der Waals surface area contributed by atoms with E-state index in [2.05, 4.69) is 26.0 Å². The molecule has 300 valence electrons. The molecule has 0 heterocycles. The molecule has 0 aromatic heterocycles. The van der Waals surface area contributed by atoms with Crippen molar-refractivity contribution >= 4 is 17.9 Å². The molecule has 2 atom stereocenters. The highest BCUT2D eigenvalue weighted by molar-refractivity contribution is 5.70. The number of carboxylic acid groups (broad SMARTS) is 1. The zero-order valence-corrected chi connectivity index (χ0v) is 34.0. The van der Waals surface area contributed by atoms with Gasteiger partial charge in [0.1, 0.15) is 12.6 Å². The number of likely N-dealkylation sites (N-methyl/N-ethyl adjacent to an activating group) is 1. The number of esters is 2. The van der Waals surface area contributed by atoms with Gasteiger partial charge >= 0.3 is 11.9 Å². The van der Waals surface area contributed by atoms with Gasteiger partial charge in [-0.15, -0.1) is 0 Å². The summed E-state index contributed by atoms with van der Waals surface area (Å²) in [6.45, 7) is 4.65. The van der Waals surface area contributed by atoms with Crippen LogP contribution in [0.2, 0.25) is 0 Å². The molecule has 0 radical (unpaired) electrons. The molecule has 0 bridgehead atoms. The Labute approximate surface area is 314 Å². The number of allylic oxidation sites excluding steroid dienone is 2. The van der Waals surface area contributed by atoms with Crippen molar-refractivity contribution in [2.24, 2.45) is 0 Å². The van der Waals surface area contributed by atoms with Crippen molar-refractivity contribution in [3.63, 3.8) is 0 Å². The molecule has 0 aromatic carbocycles. The fraction of sp³-hybridized carbons (Fsp3) is 0.884. The largest absolute Gasteiger partial charge is 0.544 e. The van der Waals surface area contributed by atoms with E-state index in [4.69, 9.17) is 14.2 Å². The number of quaternary nitrogens is 1. The molecule has 0 saturated carbocycles. The molecule has 0 aliphatic rings. The molecular formula is C43H81NO7. The molecule has 0 rings (SSSR count). The molecule has 0 aliphatic heterocycles. The highest BCUT2D eigenvalue weighted by atomic mass is 16.6. The van der Waals surface area contributed by atoms with Gasteiger partial charge in [0.15, 0.2) is 6.10 Å². The van der Waals surface area contributed by atoms with E-state index in [1.165, 1.54) is 122 Å². The number of hydrogen-bond donors (Lipinski definition) is 0. The first-order valence-corrected chi connectivity index (χ1v) is 21.2. The lowest BCUT2D eigenvalue weighted by molar-refractivity contribution is -0.889. The molecule has 51 heavy (non-hydrogen) atoms. The summed E-state index contributed by atoms with van der Waals surface area (Å²) in [5.41, 5.74) is 0. The van der Waals surface area contributed by atoms with Crippen LogP contribution >= 0.6 is 0 Å². The maximum absolute atomic E-state index is 12.7. The van der Waals surface area contributed by atoms with E-state index in [9.17, 15) is 19.5 Å². The number of ether oxygens (including phenoxy) is 3. The second kappa shape index (κ2) is 35.1. The summed E-state index contributed by atoms with van der Waals surface area (Å²) >= 11 is 0. The summed E-state index contributed by atoms with van der Waals surface area (Å²) in [4.78, 5) is 36.7. The predicted molar refractivity (Wildman–Crippen MR) is 208 cm³/mol. The lowest BCUT2D eigenvalue weighted by Crippen LogP contribution is -2.55. The minimum atomic E-state index is -1.12. The molecule has 0 spiro atoms. The maximum Gasteiger partial charge on any atom is 0.306 e. The first kappa shape index (κ1) is 49.1. The van der Waals surface area contributed by atoms with Crippen LogP contribution in [0.3, 0.4) is 0 Å². The number of nitrogens with zero attached hydrogens (tertiary/aromatic N) is 1. The number of aliphatic carboxylic acids is 1. The Morgan fingerprint density at radius 1 is 0.569 bits per heavy atom. The van der Waals surface area contributed by atoms with Crippen LogP contribution in [-0.4, -0.2) is 75.5 Å². The van der Waals surface area contributed by atoms with Gasteiger partial charge in [0.25, 0.3) is 0 Å². The Hall–Kier alpha value is -1.93. The summed E-state index contributed by atoms with van der Waals surface area (Å²) in [5, 5.41) is 11.6. The van der Waals surface area contributed by atoms with Crippen LogP contribution in [0.15, 0.2) is 12.2 Å². The average Bonchev–Trinajstić information content (AvgIpc) is 3.08. The highest BCUT2D eigenvalue weighted by Crippen LogP contribution is 2.15. The van der Waals surface area contributed by atoms with Gasteiger partial charge in [0, 0.05) is 19.3 Å². The first-order chi connectivity index (χ1) is 24.6. The second-order valence-electron chi connectivity index (χ2n) is 15.6. The van der Waals surface area contributed by atoms with Crippen molar-refractivity contribution in [1.82, 2.24) is 0 Å². The summed E-state index contributed by atoms with van der Waals surface area (Å²) in [5.74, 6) is -1.73. The van der Waals surface area contributed by atoms with E-state index in [1.807, 2.05) is 0 Å². The van der Waals surface area contributed by atoms with Crippen molar-refractivity contribution in [1.29, 1.82) is 0 Å². The Balaban J connectivity index is 4.35. The third kappa shape index (κ3) is 33.6. The van der Waals surface area contributed by atoms with E-state index in [-0.39, 0.29) is 42.7 Å². The lowest BCUT2D eigenvalue weighted by Gasteiger charge is -2.34. The van der Waals surface area contributed by atoms with Crippen LogP contribution in [-0.2, 0) is 28.6 Å². The zero-order chi connectivity index (χ0) is 37.8. The molecule has 0 aliphatic carbocycles. The van der Waals surface area contributed by atoms with Crippen molar-refractivity contribution in [3.05, 3.63) is 12.2 Å². The SMILES string of the molecule is CCCCCC/C=C/CCCCCCCCCC(=O)OC(COCCC(C(=O)[O-])[N+](C)(C)C)COC(=O)CCCCCCCCCCCCCC. The van der Waals surface area contributed by atoms with Gasteiger partial charge in [-0.1, -0.05) is 148 Å². The van der Waals surface area contributed by atoms with Crippen LogP contribution < -0.4 is 5.11 Å². The molecule has 0 N–H and O–H groups in total. The smallest absolute Gasteiger partial charge is 0.306 e. The van der Waals surface area contributed by atoms with Gasteiger partial charge in [-0.05, 0) is 38.5 Å². The minimum Gasteiger partial charge on any atom is -0.544 e. The summed E-state index contributed by atoms with van der Waals surface area (Å²) < 4.78 is 17.1. The second-order valence-corrected chi connectivity index (χ2v) is 15.6. The monoisotopic (exact) mass is 724 g/mol. The van der Waals surface area contributed by atoms with Crippen molar-refractivity contribution in [2.75, 3.05) is 41.0 Å². The first-order valence-electron chi connectivity index (χ1n) is 21.2. The van der Waals surface area contributed by atoms with E-state index >= 15 is 0 Å². The number of rotatable bonds is 38. The topological polar surface area (TPSA) is 102 Å². The van der Waals surface area contributed by atoms with Gasteiger partial charge in [-0.25, -0.2) is 0 Å². The van der Waals surface area contributed by atoms with E-state index in [0.717, 1.165) is 38.5 Å². The molecule has 8 nitrogen and oxygen atoms in total. The van der Waals surface area contributed by atoms with Gasteiger partial charge in [0.05, 0.1) is 40.3 Å². The number of hydrogen-bond acceptors (Lipinski definition) is 7. The molecular weight excluding hydrogens is 642 g/mol. The number of carbonyl (C=O) groups excluding carboxylic acids is 3. The van der Waals surface area contributed by atoms with Gasteiger partial charge < -0.3 is 28.6 Å². The van der Waals surface area contributed by atoms with Crippen molar-refractivity contribution in [2.45, 2.75) is 206 Å². The number of carbonyl (C=O) groups is 3. The number of carboxylic acids is 1. The zero-order valence-electron chi connectivity index (χ0n) is 34.0. The van der Waals surface area contributed by atoms with E-state index < -0.39 is 18.1 Å². The van der Waals surface area contributed by atoms with Crippen LogP contribution in [0.5, 0.6) is 0 Å².